The van der Waals surface area contributed by atoms with E-state index >= 15 is 0 Å². The second-order valence-corrected chi connectivity index (χ2v) is 4.89. The highest BCUT2D eigenvalue weighted by atomic mass is 16.5. The normalized spacial score (nSPS) is 9.44. The van der Waals surface area contributed by atoms with Gasteiger partial charge in [-0.05, 0) is 24.3 Å². The van der Waals surface area contributed by atoms with Gasteiger partial charge in [0.2, 0.25) is 23.0 Å². The van der Waals surface area contributed by atoms with E-state index in [0.29, 0.717) is 34.5 Å². The van der Waals surface area contributed by atoms with Crippen LogP contribution in [-0.2, 0) is 0 Å². The largest absolute Gasteiger partial charge is 0.504 e. The highest BCUT2D eigenvalue weighted by Crippen LogP contribution is 2.44. The number of phenols is 1. The van der Waals surface area contributed by atoms with Crippen LogP contribution < -0.4 is 33.2 Å². The van der Waals surface area contributed by atoms with Crippen LogP contribution in [0, 0.1) is 0 Å². The highest BCUT2D eigenvalue weighted by Gasteiger charge is 2.16. The molecule has 0 fully saturated rings. The molecule has 0 saturated heterocycles. The van der Waals surface area contributed by atoms with Gasteiger partial charge in [-0.3, -0.25) is 0 Å². The number of benzene rings is 2. The van der Waals surface area contributed by atoms with Crippen molar-refractivity contribution in [2.75, 3.05) is 49.8 Å². The summed E-state index contributed by atoms with van der Waals surface area (Å²) in [6.45, 7) is 0. The predicted octanol–water partition coefficient (Wildman–Crippen LogP) is 3.14. The van der Waals surface area contributed by atoms with Crippen LogP contribution in [0.25, 0.3) is 0 Å². The van der Waals surface area contributed by atoms with Crippen molar-refractivity contribution in [3.63, 3.8) is 0 Å². The van der Waals surface area contributed by atoms with E-state index in [2.05, 4.69) is 0 Å². The maximum atomic E-state index is 9.38. The first-order chi connectivity index (χ1) is 13.0. The minimum atomic E-state index is 0.0279. The minimum absolute atomic E-state index is 0.0279. The quantitative estimate of drug-likeness (QED) is 0.782. The Bertz CT molecular complexity index is 699. The lowest BCUT2D eigenvalue weighted by atomic mass is 10.2. The Labute approximate surface area is 159 Å². The van der Waals surface area contributed by atoms with E-state index in [1.165, 1.54) is 27.4 Å². The molecule has 2 rings (SSSR count). The molecule has 0 saturated carbocycles. The number of hydrogen-bond donors (Lipinski definition) is 1. The summed E-state index contributed by atoms with van der Waals surface area (Å²) in [6, 6.07) is 6.62. The number of ether oxygens (including phenoxy) is 7. The van der Waals surface area contributed by atoms with Crippen LogP contribution in [0.5, 0.6) is 46.0 Å². The molecule has 27 heavy (non-hydrogen) atoms. The van der Waals surface area contributed by atoms with Crippen molar-refractivity contribution in [3.05, 3.63) is 24.3 Å². The molecule has 0 atom stereocenters. The second-order valence-electron chi connectivity index (χ2n) is 4.89. The van der Waals surface area contributed by atoms with E-state index in [1.54, 1.807) is 46.6 Å². The van der Waals surface area contributed by atoms with Crippen molar-refractivity contribution in [1.82, 2.24) is 0 Å². The fraction of sp³-hybridized carbons (Fsp3) is 0.368. The standard InChI is InChI=1S/C10H14O4.C9H12O4/c1-11-7-5-6-8(12-2)10(14-4)9(7)13-3;1-11-7-5-4-6(10)8(12-2)9(7)13-3/h5-6H,1-4H3;4-5,10H,1-3H3. The number of methoxy groups -OCH3 is 7. The van der Waals surface area contributed by atoms with E-state index in [1.807, 2.05) is 0 Å². The van der Waals surface area contributed by atoms with Gasteiger partial charge in [0.15, 0.2) is 23.0 Å². The minimum Gasteiger partial charge on any atom is -0.504 e. The third kappa shape index (κ3) is 4.93. The summed E-state index contributed by atoms with van der Waals surface area (Å²) in [5.74, 6) is 3.53. The molecular weight excluding hydrogens is 356 g/mol. The van der Waals surface area contributed by atoms with Crippen LogP contribution in [-0.4, -0.2) is 54.9 Å². The van der Waals surface area contributed by atoms with Crippen molar-refractivity contribution in [3.8, 4) is 46.0 Å². The van der Waals surface area contributed by atoms with E-state index < -0.39 is 0 Å². The Balaban J connectivity index is 0.000000271. The molecule has 150 valence electrons. The van der Waals surface area contributed by atoms with Gasteiger partial charge in [-0.25, -0.2) is 0 Å². The zero-order valence-corrected chi connectivity index (χ0v) is 16.6. The summed E-state index contributed by atoms with van der Waals surface area (Å²) in [7, 11) is 10.7. The molecule has 0 heterocycles. The third-order valence-corrected chi connectivity index (χ3v) is 3.57. The highest BCUT2D eigenvalue weighted by molar-refractivity contribution is 5.59. The van der Waals surface area contributed by atoms with E-state index in [4.69, 9.17) is 33.2 Å². The fourth-order valence-electron chi connectivity index (χ4n) is 2.32. The van der Waals surface area contributed by atoms with Crippen molar-refractivity contribution >= 4 is 0 Å². The molecule has 0 unspecified atom stereocenters. The number of hydrogen-bond acceptors (Lipinski definition) is 8. The van der Waals surface area contributed by atoms with E-state index in [9.17, 15) is 5.11 Å². The first-order valence-electron chi connectivity index (χ1n) is 7.83. The number of aromatic hydroxyl groups is 1. The first-order valence-corrected chi connectivity index (χ1v) is 7.83. The third-order valence-electron chi connectivity index (χ3n) is 3.57. The molecule has 1 N–H and O–H groups in total. The van der Waals surface area contributed by atoms with Crippen LogP contribution in [0.4, 0.5) is 0 Å². The van der Waals surface area contributed by atoms with Gasteiger partial charge in [-0.1, -0.05) is 0 Å². The Kier molecular flexibility index (Phi) is 8.71. The molecule has 0 bridgehead atoms. The average molecular weight is 382 g/mol. The van der Waals surface area contributed by atoms with Gasteiger partial charge in [0.1, 0.15) is 0 Å². The van der Waals surface area contributed by atoms with Crippen LogP contribution in [0.15, 0.2) is 24.3 Å². The lowest BCUT2D eigenvalue weighted by molar-refractivity contribution is 0.305. The summed E-state index contributed by atoms with van der Waals surface area (Å²) in [4.78, 5) is 0. The Morgan fingerprint density at radius 2 is 0.741 bits per heavy atom. The Morgan fingerprint density at radius 1 is 0.444 bits per heavy atom. The van der Waals surface area contributed by atoms with Gasteiger partial charge in [0, 0.05) is 0 Å². The molecule has 8 nitrogen and oxygen atoms in total. The van der Waals surface area contributed by atoms with Crippen LogP contribution in [0.3, 0.4) is 0 Å². The van der Waals surface area contributed by atoms with Gasteiger partial charge in [-0.15, -0.1) is 0 Å². The van der Waals surface area contributed by atoms with Crippen molar-refractivity contribution < 1.29 is 38.3 Å². The van der Waals surface area contributed by atoms with Gasteiger partial charge in [0.25, 0.3) is 0 Å². The first kappa shape index (κ1) is 21.9. The fourth-order valence-corrected chi connectivity index (χ4v) is 2.32. The van der Waals surface area contributed by atoms with Crippen LogP contribution >= 0.6 is 0 Å². The topological polar surface area (TPSA) is 84.8 Å². The van der Waals surface area contributed by atoms with E-state index in [-0.39, 0.29) is 11.5 Å². The molecule has 0 aliphatic carbocycles. The molecule has 0 amide bonds. The van der Waals surface area contributed by atoms with Crippen LogP contribution in [0.1, 0.15) is 0 Å². The molecule has 0 aromatic heterocycles. The molecule has 2 aromatic rings. The van der Waals surface area contributed by atoms with Gasteiger partial charge < -0.3 is 38.3 Å². The molecule has 2 aromatic carbocycles. The van der Waals surface area contributed by atoms with E-state index in [0.717, 1.165) is 0 Å². The monoisotopic (exact) mass is 382 g/mol. The summed E-state index contributed by atoms with van der Waals surface area (Å²) < 4.78 is 35.6. The molecular formula is C19H26O8. The summed E-state index contributed by atoms with van der Waals surface area (Å²) in [6.07, 6.45) is 0. The summed E-state index contributed by atoms with van der Waals surface area (Å²) >= 11 is 0. The molecule has 8 heteroatoms. The number of phenolic OH excluding ortho intramolecular Hbond substituents is 1. The van der Waals surface area contributed by atoms with Gasteiger partial charge in [0.05, 0.1) is 49.8 Å². The second kappa shape index (κ2) is 10.7. The molecule has 0 spiro atoms. The predicted molar refractivity (Wildman–Crippen MR) is 100 cm³/mol. The lowest BCUT2D eigenvalue weighted by Gasteiger charge is -2.14. The maximum absolute atomic E-state index is 9.38. The van der Waals surface area contributed by atoms with Gasteiger partial charge >= 0.3 is 0 Å². The zero-order chi connectivity index (χ0) is 20.4. The number of rotatable bonds is 7. The molecule has 0 radical (unpaired) electrons. The van der Waals surface area contributed by atoms with Crippen LogP contribution in [0.2, 0.25) is 0 Å². The van der Waals surface area contributed by atoms with Gasteiger partial charge in [-0.2, -0.15) is 0 Å². The molecule has 0 aliphatic rings. The lowest BCUT2D eigenvalue weighted by Crippen LogP contribution is -1.97. The Morgan fingerprint density at radius 3 is 1.04 bits per heavy atom. The van der Waals surface area contributed by atoms with Crippen molar-refractivity contribution in [2.45, 2.75) is 0 Å². The average Bonchev–Trinajstić information content (AvgIpc) is 2.72. The summed E-state index contributed by atoms with van der Waals surface area (Å²) in [5, 5.41) is 9.38. The van der Waals surface area contributed by atoms with Crippen molar-refractivity contribution in [2.24, 2.45) is 0 Å². The maximum Gasteiger partial charge on any atom is 0.207 e. The smallest absolute Gasteiger partial charge is 0.207 e. The SMILES string of the molecule is COc1ccc(O)c(OC)c1OC.COc1ccc(OC)c(OC)c1OC. The van der Waals surface area contributed by atoms with Crippen molar-refractivity contribution in [1.29, 1.82) is 0 Å². The zero-order valence-electron chi connectivity index (χ0n) is 16.6. The summed E-state index contributed by atoms with van der Waals surface area (Å²) in [5.41, 5.74) is 0. The molecule has 0 aliphatic heterocycles. The Hall–Kier alpha value is -3.16.